The van der Waals surface area contributed by atoms with Crippen LogP contribution in [0.2, 0.25) is 0 Å². The highest BCUT2D eigenvalue weighted by Crippen LogP contribution is 2.38. The van der Waals surface area contributed by atoms with Gasteiger partial charge in [0.25, 0.3) is 0 Å². The van der Waals surface area contributed by atoms with Crippen LogP contribution in [0.25, 0.3) is 11.0 Å². The molecule has 1 saturated heterocycles. The topological polar surface area (TPSA) is 85.5 Å². The van der Waals surface area contributed by atoms with E-state index in [1.165, 1.54) is 0 Å². The molecule has 8 nitrogen and oxygen atoms in total. The summed E-state index contributed by atoms with van der Waals surface area (Å²) in [5, 5.41) is 16.4. The lowest BCUT2D eigenvalue weighted by Gasteiger charge is -2.37. The van der Waals surface area contributed by atoms with E-state index in [2.05, 4.69) is 15.0 Å². The number of rotatable bonds is 2. The van der Waals surface area contributed by atoms with Crippen molar-refractivity contribution in [1.29, 1.82) is 0 Å². The number of aryl methyl sites for hydroxylation is 3. The van der Waals surface area contributed by atoms with Gasteiger partial charge >= 0.3 is 0 Å². The minimum absolute atomic E-state index is 0.0548. The predicted octanol–water partition coefficient (Wildman–Crippen LogP) is 2.06. The van der Waals surface area contributed by atoms with Gasteiger partial charge in [-0.1, -0.05) is 6.07 Å². The number of aliphatic hydroxyl groups is 1. The fourth-order valence-corrected chi connectivity index (χ4v) is 4.31. The van der Waals surface area contributed by atoms with Crippen molar-refractivity contribution in [3.05, 3.63) is 35.3 Å². The Bertz CT molecular complexity index is 1060. The number of benzene rings is 1. The normalized spacial score (nSPS) is 21.5. The molecule has 0 bridgehead atoms. The van der Waals surface area contributed by atoms with Gasteiger partial charge in [-0.25, -0.2) is 9.97 Å². The average molecular weight is 381 g/mol. The molecule has 8 heteroatoms. The van der Waals surface area contributed by atoms with Gasteiger partial charge in [-0.05, 0) is 38.0 Å². The van der Waals surface area contributed by atoms with E-state index < -0.39 is 6.10 Å². The van der Waals surface area contributed by atoms with E-state index in [1.54, 1.807) is 4.68 Å². The Kier molecular flexibility index (Phi) is 3.90. The SMILES string of the molecule is Cc1nc(N2CC[C@H](c3ccc4c(c3)OCO4)[C@@H](O)C2)c2c(C)nn(C)c2n1. The zero-order chi connectivity index (χ0) is 19.4. The number of anilines is 1. The number of nitrogens with zero attached hydrogens (tertiary/aromatic N) is 5. The lowest BCUT2D eigenvalue weighted by atomic mass is 9.87. The molecular weight excluding hydrogens is 358 g/mol. The molecule has 1 aromatic carbocycles. The number of ether oxygens (including phenoxy) is 2. The van der Waals surface area contributed by atoms with Crippen molar-refractivity contribution >= 4 is 16.9 Å². The van der Waals surface area contributed by atoms with Crippen LogP contribution >= 0.6 is 0 Å². The van der Waals surface area contributed by atoms with Gasteiger partial charge in [0, 0.05) is 26.1 Å². The quantitative estimate of drug-likeness (QED) is 0.727. The van der Waals surface area contributed by atoms with Gasteiger partial charge in [0.05, 0.1) is 17.2 Å². The number of fused-ring (bicyclic) bond motifs is 2. The average Bonchev–Trinajstić information content (AvgIpc) is 3.25. The van der Waals surface area contributed by atoms with Gasteiger partial charge < -0.3 is 19.5 Å². The summed E-state index contributed by atoms with van der Waals surface area (Å²) in [7, 11) is 1.90. The number of aliphatic hydroxyl groups excluding tert-OH is 1. The van der Waals surface area contributed by atoms with Crippen LogP contribution in [0, 0.1) is 13.8 Å². The van der Waals surface area contributed by atoms with E-state index in [0.717, 1.165) is 52.6 Å². The highest BCUT2D eigenvalue weighted by molar-refractivity contribution is 5.90. The summed E-state index contributed by atoms with van der Waals surface area (Å²) in [5.41, 5.74) is 2.81. The zero-order valence-electron chi connectivity index (χ0n) is 16.2. The van der Waals surface area contributed by atoms with Crippen LogP contribution in [0.4, 0.5) is 5.82 Å². The van der Waals surface area contributed by atoms with Crippen molar-refractivity contribution in [3.63, 3.8) is 0 Å². The summed E-state index contributed by atoms with van der Waals surface area (Å²) in [5.74, 6) is 3.14. The highest BCUT2D eigenvalue weighted by atomic mass is 16.7. The third-order valence-electron chi connectivity index (χ3n) is 5.66. The Morgan fingerprint density at radius 3 is 2.79 bits per heavy atom. The third kappa shape index (κ3) is 2.67. The molecule has 0 aliphatic carbocycles. The molecule has 2 atom stereocenters. The standard InChI is InChI=1S/C20H23N5O3/c1-11-18-19(24(3)23-11)21-12(2)22-20(18)25-7-6-14(15(26)9-25)13-4-5-16-17(8-13)28-10-27-16/h4-5,8,14-15,26H,6-7,9-10H2,1-3H3/t14-,15+/m1/s1. The molecule has 0 saturated carbocycles. The minimum atomic E-state index is -0.503. The van der Waals surface area contributed by atoms with Gasteiger partial charge in [0.1, 0.15) is 11.6 Å². The lowest BCUT2D eigenvalue weighted by molar-refractivity contribution is 0.129. The monoisotopic (exact) mass is 381 g/mol. The molecule has 0 spiro atoms. The first-order chi connectivity index (χ1) is 13.5. The smallest absolute Gasteiger partial charge is 0.231 e. The molecule has 2 aliphatic rings. The zero-order valence-corrected chi connectivity index (χ0v) is 16.2. The van der Waals surface area contributed by atoms with E-state index in [9.17, 15) is 5.11 Å². The van der Waals surface area contributed by atoms with Crippen LogP contribution in [0.3, 0.4) is 0 Å². The molecule has 146 valence electrons. The fraction of sp³-hybridized carbons (Fsp3) is 0.450. The molecule has 1 fully saturated rings. The van der Waals surface area contributed by atoms with Gasteiger partial charge in [0.15, 0.2) is 17.1 Å². The highest BCUT2D eigenvalue weighted by Gasteiger charge is 2.32. The second-order valence-corrected chi connectivity index (χ2v) is 7.52. The number of β-amino-alcohol motifs (C(OH)–C–C–N with tert-alkyl or cyclic N) is 1. The summed E-state index contributed by atoms with van der Waals surface area (Å²) in [4.78, 5) is 11.4. The molecule has 1 N–H and O–H groups in total. The summed E-state index contributed by atoms with van der Waals surface area (Å²) >= 11 is 0. The van der Waals surface area contributed by atoms with E-state index in [0.29, 0.717) is 12.4 Å². The molecular formula is C20H23N5O3. The third-order valence-corrected chi connectivity index (χ3v) is 5.66. The Morgan fingerprint density at radius 1 is 1.14 bits per heavy atom. The molecule has 0 unspecified atom stereocenters. The van der Waals surface area contributed by atoms with E-state index in [-0.39, 0.29) is 12.7 Å². The van der Waals surface area contributed by atoms with Gasteiger partial charge in [-0.2, -0.15) is 5.10 Å². The van der Waals surface area contributed by atoms with Crippen molar-refractivity contribution in [2.24, 2.45) is 7.05 Å². The van der Waals surface area contributed by atoms with Crippen LogP contribution in [-0.2, 0) is 7.05 Å². The van der Waals surface area contributed by atoms with Crippen molar-refractivity contribution in [3.8, 4) is 11.5 Å². The Balaban J connectivity index is 1.44. The van der Waals surface area contributed by atoms with Crippen molar-refractivity contribution < 1.29 is 14.6 Å². The maximum Gasteiger partial charge on any atom is 0.231 e. The van der Waals surface area contributed by atoms with Crippen LogP contribution in [0.15, 0.2) is 18.2 Å². The first-order valence-corrected chi connectivity index (χ1v) is 9.52. The van der Waals surface area contributed by atoms with Crippen LogP contribution in [0.5, 0.6) is 11.5 Å². The van der Waals surface area contributed by atoms with Crippen LogP contribution in [-0.4, -0.2) is 50.8 Å². The second kappa shape index (κ2) is 6.34. The lowest BCUT2D eigenvalue weighted by Crippen LogP contribution is -2.43. The molecule has 28 heavy (non-hydrogen) atoms. The first-order valence-electron chi connectivity index (χ1n) is 9.52. The Labute approximate surface area is 162 Å². The summed E-state index contributed by atoms with van der Waals surface area (Å²) in [6, 6.07) is 5.94. The fourth-order valence-electron chi connectivity index (χ4n) is 4.31. The Hall–Kier alpha value is -2.87. The van der Waals surface area contributed by atoms with Crippen molar-refractivity contribution in [2.45, 2.75) is 32.3 Å². The minimum Gasteiger partial charge on any atom is -0.454 e. The van der Waals surface area contributed by atoms with Gasteiger partial charge in [-0.3, -0.25) is 4.68 Å². The second-order valence-electron chi connectivity index (χ2n) is 7.52. The molecule has 2 aromatic heterocycles. The molecule has 5 rings (SSSR count). The van der Waals surface area contributed by atoms with Gasteiger partial charge in [-0.15, -0.1) is 0 Å². The van der Waals surface area contributed by atoms with Crippen molar-refractivity contribution in [1.82, 2.24) is 19.7 Å². The number of aromatic nitrogens is 4. The molecule has 2 aliphatic heterocycles. The van der Waals surface area contributed by atoms with Gasteiger partial charge in [0.2, 0.25) is 6.79 Å². The summed E-state index contributed by atoms with van der Waals surface area (Å²) in [6.45, 7) is 5.43. The first kappa shape index (κ1) is 17.2. The maximum absolute atomic E-state index is 10.9. The van der Waals surface area contributed by atoms with Crippen molar-refractivity contribution in [2.75, 3.05) is 24.8 Å². The van der Waals surface area contributed by atoms with E-state index in [4.69, 9.17) is 14.5 Å². The summed E-state index contributed by atoms with van der Waals surface area (Å²) in [6.07, 6.45) is 0.321. The van der Waals surface area contributed by atoms with E-state index in [1.807, 2.05) is 39.1 Å². The van der Waals surface area contributed by atoms with Crippen LogP contribution < -0.4 is 14.4 Å². The Morgan fingerprint density at radius 2 is 1.96 bits per heavy atom. The van der Waals surface area contributed by atoms with E-state index >= 15 is 0 Å². The van der Waals surface area contributed by atoms with Crippen LogP contribution in [0.1, 0.15) is 29.4 Å². The predicted molar refractivity (Wildman–Crippen MR) is 104 cm³/mol. The number of hydrogen-bond donors (Lipinski definition) is 1. The summed E-state index contributed by atoms with van der Waals surface area (Å²) < 4.78 is 12.7. The number of piperidine rings is 1. The molecule has 3 aromatic rings. The molecule has 4 heterocycles. The largest absolute Gasteiger partial charge is 0.454 e. The maximum atomic E-state index is 10.9. The molecule has 0 radical (unpaired) electrons. The molecule has 0 amide bonds. The number of hydrogen-bond acceptors (Lipinski definition) is 7.